The minimum Gasteiger partial charge on any atom is -0.370 e. The maximum Gasteiger partial charge on any atom is 0.469 e. The fourth-order valence-corrected chi connectivity index (χ4v) is 5.16. The number of phosphoric ester groups is 1. The molecule has 316 valence electrons. The molecule has 1 unspecified atom stereocenters. The topological polar surface area (TPSA) is 410 Å². The van der Waals surface area contributed by atoms with E-state index in [0.717, 1.165) is 0 Å². The van der Waals surface area contributed by atoms with Crippen molar-refractivity contribution in [3.05, 3.63) is 0 Å². The number of Topliss-reactive ketones (excluding diaryl/α,β-unsaturated/α-hetero) is 1. The Morgan fingerprint density at radius 3 is 1.49 bits per heavy atom. The van der Waals surface area contributed by atoms with E-state index in [1.807, 2.05) is 27.7 Å². The number of aliphatic imine (C=N–C) groups is 2. The van der Waals surface area contributed by atoms with Crippen LogP contribution < -0.4 is 61.0 Å². The lowest BCUT2D eigenvalue weighted by Crippen LogP contribution is -2.58. The third kappa shape index (κ3) is 23.9. The summed E-state index contributed by atoms with van der Waals surface area (Å²) in [6.07, 6.45) is 1.10. The zero-order chi connectivity index (χ0) is 42.5. The van der Waals surface area contributed by atoms with Crippen LogP contribution in [-0.4, -0.2) is 120 Å². The van der Waals surface area contributed by atoms with Crippen molar-refractivity contribution in [1.29, 1.82) is 0 Å². The van der Waals surface area contributed by atoms with Gasteiger partial charge < -0.3 is 70.8 Å². The van der Waals surface area contributed by atoms with Gasteiger partial charge in [0, 0.05) is 13.1 Å². The van der Waals surface area contributed by atoms with Crippen molar-refractivity contribution in [3.63, 3.8) is 0 Å². The van der Waals surface area contributed by atoms with Gasteiger partial charge in [-0.05, 0) is 57.3 Å². The number of ketones is 1. The number of carbonyl (C=O) groups excluding carboxylic acids is 6. The van der Waals surface area contributed by atoms with E-state index in [1.54, 1.807) is 0 Å². The molecule has 19 N–H and O–H groups in total. The van der Waals surface area contributed by atoms with Crippen LogP contribution in [0.25, 0.3) is 0 Å². The number of nitrogens with one attached hydrogen (secondary N) is 5. The van der Waals surface area contributed by atoms with Crippen molar-refractivity contribution >= 4 is 55.1 Å². The van der Waals surface area contributed by atoms with Gasteiger partial charge in [-0.3, -0.25) is 43.3 Å². The molecule has 0 aromatic rings. The summed E-state index contributed by atoms with van der Waals surface area (Å²) in [4.78, 5) is 105. The molecule has 0 saturated heterocycles. The van der Waals surface area contributed by atoms with Crippen LogP contribution in [0.15, 0.2) is 9.98 Å². The molecule has 0 aromatic heterocycles. The van der Waals surface area contributed by atoms with Crippen molar-refractivity contribution in [2.45, 2.75) is 109 Å². The van der Waals surface area contributed by atoms with Crippen LogP contribution in [0.3, 0.4) is 0 Å². The van der Waals surface area contributed by atoms with Gasteiger partial charge in [0.05, 0.1) is 25.2 Å². The highest BCUT2D eigenvalue weighted by Gasteiger charge is 2.31. The van der Waals surface area contributed by atoms with Gasteiger partial charge in [-0.2, -0.15) is 0 Å². The van der Waals surface area contributed by atoms with Crippen LogP contribution in [0.5, 0.6) is 0 Å². The molecule has 23 nitrogen and oxygen atoms in total. The van der Waals surface area contributed by atoms with E-state index in [1.165, 1.54) is 6.92 Å². The number of hydrogen-bond donors (Lipinski definition) is 13. The van der Waals surface area contributed by atoms with Gasteiger partial charge in [0.2, 0.25) is 29.5 Å². The molecule has 0 saturated carbocycles. The molecule has 5 amide bonds. The van der Waals surface area contributed by atoms with Gasteiger partial charge in [0.1, 0.15) is 24.2 Å². The van der Waals surface area contributed by atoms with Gasteiger partial charge in [-0.15, -0.1) is 0 Å². The predicted octanol–water partition coefficient (Wildman–Crippen LogP) is -4.41. The minimum absolute atomic E-state index is 0.0416. The fourth-order valence-electron chi connectivity index (χ4n) is 4.82. The summed E-state index contributed by atoms with van der Waals surface area (Å²) >= 11 is 0. The van der Waals surface area contributed by atoms with Gasteiger partial charge in [0.25, 0.3) is 0 Å². The molecule has 0 spiro atoms. The lowest BCUT2D eigenvalue weighted by atomic mass is 10.0. The van der Waals surface area contributed by atoms with E-state index in [4.69, 9.17) is 34.4 Å². The lowest BCUT2D eigenvalue weighted by Gasteiger charge is -2.26. The van der Waals surface area contributed by atoms with Crippen molar-refractivity contribution in [2.24, 2.45) is 56.2 Å². The smallest absolute Gasteiger partial charge is 0.370 e. The van der Waals surface area contributed by atoms with Crippen LogP contribution in [0.1, 0.15) is 73.1 Å². The Bertz CT molecular complexity index is 1380. The van der Waals surface area contributed by atoms with Crippen molar-refractivity contribution in [2.75, 3.05) is 26.2 Å². The standard InChI is InChI=1S/C31H62N13O10P/c1-16(2)12-19(32)26(47)40-14-24(45)23(15-54-55(51,52)53)44-25(46)18(5)41-28(49)21(8-6-10-38-30(34)35)43-29(50)22(9-7-11-39-31(36)37)42-27(48)20(33)13-17(3)4/h16-23H,6-15,32-33H2,1-5H3,(H,40,47)(H,41,49)(H,42,48)(H,43,50)(H,44,46)(H4,34,35,38)(H4,36,37,39)(H2,51,52,53)/t18-,19-,20-,21-,22-,23?/m0/s1. The Balaban J connectivity index is 6.07. The predicted molar refractivity (Wildman–Crippen MR) is 204 cm³/mol. The lowest BCUT2D eigenvalue weighted by molar-refractivity contribution is -0.134. The van der Waals surface area contributed by atoms with Crippen LogP contribution in [0, 0.1) is 11.8 Å². The van der Waals surface area contributed by atoms with E-state index >= 15 is 0 Å². The van der Waals surface area contributed by atoms with Gasteiger partial charge >= 0.3 is 7.82 Å². The first-order valence-electron chi connectivity index (χ1n) is 17.8. The Kier molecular flexibility index (Phi) is 23.6. The molecule has 0 bridgehead atoms. The zero-order valence-corrected chi connectivity index (χ0v) is 33.1. The van der Waals surface area contributed by atoms with Crippen molar-refractivity contribution < 1.29 is 47.6 Å². The fraction of sp³-hybridized carbons (Fsp3) is 0.742. The summed E-state index contributed by atoms with van der Waals surface area (Å²) in [6.45, 7) is 7.23. The van der Waals surface area contributed by atoms with Gasteiger partial charge in [-0.1, -0.05) is 27.7 Å². The molecule has 0 aliphatic rings. The molecule has 24 heteroatoms. The van der Waals surface area contributed by atoms with Crippen LogP contribution in [0.2, 0.25) is 0 Å². The van der Waals surface area contributed by atoms with Gasteiger partial charge in [-0.25, -0.2) is 4.57 Å². The number of rotatable bonds is 27. The molecule has 0 fully saturated rings. The zero-order valence-electron chi connectivity index (χ0n) is 32.2. The maximum absolute atomic E-state index is 13.6. The summed E-state index contributed by atoms with van der Waals surface area (Å²) in [7, 11) is -5.10. The van der Waals surface area contributed by atoms with E-state index in [9.17, 15) is 43.1 Å². The summed E-state index contributed by atoms with van der Waals surface area (Å²) in [5.74, 6) is -4.98. The molecule has 0 aliphatic heterocycles. The average molecular weight is 808 g/mol. The first-order chi connectivity index (χ1) is 25.4. The number of amides is 5. The maximum atomic E-state index is 13.6. The van der Waals surface area contributed by atoms with E-state index in [0.29, 0.717) is 12.8 Å². The first kappa shape index (κ1) is 50.6. The van der Waals surface area contributed by atoms with Gasteiger partial charge in [0.15, 0.2) is 17.7 Å². The molecule has 0 aromatic carbocycles. The quantitative estimate of drug-likeness (QED) is 0.0161. The van der Waals surface area contributed by atoms with Crippen LogP contribution in [0.4, 0.5) is 0 Å². The molecule has 0 aliphatic carbocycles. The van der Waals surface area contributed by atoms with Crippen molar-refractivity contribution in [3.8, 4) is 0 Å². The normalized spacial score (nSPS) is 14.7. The highest BCUT2D eigenvalue weighted by Crippen LogP contribution is 2.35. The third-order valence-corrected chi connectivity index (χ3v) is 8.07. The first-order valence-corrected chi connectivity index (χ1v) is 19.3. The van der Waals surface area contributed by atoms with E-state index < -0.39 is 92.5 Å². The highest BCUT2D eigenvalue weighted by atomic mass is 31.2. The Morgan fingerprint density at radius 2 is 1.05 bits per heavy atom. The Hall–Kier alpha value is -4.41. The molecule has 0 radical (unpaired) electrons. The second kappa shape index (κ2) is 25.6. The van der Waals surface area contributed by atoms with Crippen LogP contribution in [-0.2, 0) is 37.9 Å². The molecule has 0 heterocycles. The monoisotopic (exact) mass is 807 g/mol. The number of guanidine groups is 2. The number of hydrogen-bond acceptors (Lipinski definition) is 12. The number of nitrogens with zero attached hydrogens (tertiary/aromatic N) is 2. The number of carbonyl (C=O) groups is 6. The molecular formula is C31H62N13O10P. The number of nitrogens with two attached hydrogens (primary N) is 6. The van der Waals surface area contributed by atoms with E-state index in [-0.39, 0.29) is 62.5 Å². The SMILES string of the molecule is CC(C)C[C@H](N)C(=O)NCC(=O)C(COP(=O)(O)O)NC(=O)[C@H](C)NC(=O)[C@H](CCCN=C(N)N)NC(=O)[C@H](CCCN=C(N)N)NC(=O)[C@@H](N)CC(C)C. The summed E-state index contributed by atoms with van der Waals surface area (Å²) < 4.78 is 15.8. The summed E-state index contributed by atoms with van der Waals surface area (Å²) in [5.41, 5.74) is 33.4. The van der Waals surface area contributed by atoms with Crippen molar-refractivity contribution in [1.82, 2.24) is 26.6 Å². The summed E-state index contributed by atoms with van der Waals surface area (Å²) in [5, 5.41) is 12.2. The second-order valence-electron chi connectivity index (χ2n) is 13.8. The molecule has 55 heavy (non-hydrogen) atoms. The Labute approximate surface area is 320 Å². The van der Waals surface area contributed by atoms with Crippen LogP contribution >= 0.6 is 7.82 Å². The molecule has 0 rings (SSSR count). The highest BCUT2D eigenvalue weighted by molar-refractivity contribution is 7.46. The summed E-state index contributed by atoms with van der Waals surface area (Å²) in [6, 6.07) is -7.41. The minimum atomic E-state index is -5.10. The second-order valence-corrected chi connectivity index (χ2v) is 15.0. The number of phosphoric acid groups is 1. The Morgan fingerprint density at radius 1 is 0.636 bits per heavy atom. The largest absolute Gasteiger partial charge is 0.469 e. The average Bonchev–Trinajstić information content (AvgIpc) is 3.06. The third-order valence-electron chi connectivity index (χ3n) is 7.58. The van der Waals surface area contributed by atoms with E-state index in [2.05, 4.69) is 41.1 Å². The molecular weight excluding hydrogens is 745 g/mol. The molecule has 6 atom stereocenters.